The van der Waals surface area contributed by atoms with Gasteiger partial charge in [-0.2, -0.15) is 5.10 Å². The van der Waals surface area contributed by atoms with Gasteiger partial charge in [0, 0.05) is 24.8 Å². The van der Waals surface area contributed by atoms with Crippen molar-refractivity contribution < 1.29 is 13.9 Å². The molecule has 3 rings (SSSR count). The molecule has 0 aliphatic rings. The summed E-state index contributed by atoms with van der Waals surface area (Å²) < 4.78 is 20.7. The van der Waals surface area contributed by atoms with E-state index in [1.54, 1.807) is 48.3 Å². The monoisotopic (exact) mass is 365 g/mol. The van der Waals surface area contributed by atoms with E-state index in [0.29, 0.717) is 12.1 Å². The minimum atomic E-state index is -0.344. The largest absolute Gasteiger partial charge is 0.497 e. The number of halogens is 1. The van der Waals surface area contributed by atoms with Crippen LogP contribution in [-0.2, 0) is 6.54 Å². The molecule has 6 heteroatoms. The van der Waals surface area contributed by atoms with E-state index in [1.807, 2.05) is 24.3 Å². The lowest BCUT2D eigenvalue weighted by Crippen LogP contribution is -2.31. The fourth-order valence-electron chi connectivity index (χ4n) is 2.69. The SMILES string of the molecule is C=CCN(Cc1ccccc1F)C(=O)c1ccn(-c2ccc(OC)cc2)n1. The van der Waals surface area contributed by atoms with Crippen LogP contribution in [0.25, 0.3) is 5.69 Å². The van der Waals surface area contributed by atoms with Crippen LogP contribution in [0.2, 0.25) is 0 Å². The lowest BCUT2D eigenvalue weighted by molar-refractivity contribution is 0.0755. The molecule has 138 valence electrons. The van der Waals surface area contributed by atoms with Crippen LogP contribution in [0, 0.1) is 5.82 Å². The van der Waals surface area contributed by atoms with Gasteiger partial charge >= 0.3 is 0 Å². The number of hydrogen-bond donors (Lipinski definition) is 0. The Morgan fingerprint density at radius 1 is 1.22 bits per heavy atom. The molecule has 0 N–H and O–H groups in total. The molecule has 0 atom stereocenters. The summed E-state index contributed by atoms with van der Waals surface area (Å²) in [6.45, 7) is 4.12. The number of aromatic nitrogens is 2. The summed E-state index contributed by atoms with van der Waals surface area (Å²) >= 11 is 0. The van der Waals surface area contributed by atoms with Crippen LogP contribution in [0.4, 0.5) is 4.39 Å². The molecule has 0 aliphatic carbocycles. The van der Waals surface area contributed by atoms with Crippen molar-refractivity contribution in [3.8, 4) is 11.4 Å². The molecule has 0 spiro atoms. The van der Waals surface area contributed by atoms with Gasteiger partial charge in [-0.1, -0.05) is 24.3 Å². The second-order valence-electron chi connectivity index (χ2n) is 5.91. The normalized spacial score (nSPS) is 10.4. The van der Waals surface area contributed by atoms with Crippen molar-refractivity contribution >= 4 is 5.91 Å². The molecule has 0 fully saturated rings. The quantitative estimate of drug-likeness (QED) is 0.598. The summed E-state index contributed by atoms with van der Waals surface area (Å²) in [5.41, 5.74) is 1.53. The van der Waals surface area contributed by atoms with Crippen molar-refractivity contribution in [1.82, 2.24) is 14.7 Å². The number of amides is 1. The first-order valence-corrected chi connectivity index (χ1v) is 8.46. The maximum atomic E-state index is 13.9. The molecule has 1 heterocycles. The Morgan fingerprint density at radius 2 is 1.96 bits per heavy atom. The minimum Gasteiger partial charge on any atom is -0.497 e. The van der Waals surface area contributed by atoms with Crippen LogP contribution in [0.15, 0.2) is 73.4 Å². The molecule has 27 heavy (non-hydrogen) atoms. The number of hydrogen-bond acceptors (Lipinski definition) is 3. The van der Waals surface area contributed by atoms with Crippen molar-refractivity contribution in [3.63, 3.8) is 0 Å². The Hall–Kier alpha value is -3.41. The molecular formula is C21H20FN3O2. The van der Waals surface area contributed by atoms with Gasteiger partial charge in [0.05, 0.1) is 12.8 Å². The highest BCUT2D eigenvalue weighted by Crippen LogP contribution is 2.16. The fraction of sp³-hybridized carbons (Fsp3) is 0.143. The molecule has 0 saturated heterocycles. The van der Waals surface area contributed by atoms with Gasteiger partial charge < -0.3 is 9.64 Å². The summed E-state index contributed by atoms with van der Waals surface area (Å²) in [7, 11) is 1.60. The maximum absolute atomic E-state index is 13.9. The van der Waals surface area contributed by atoms with E-state index in [2.05, 4.69) is 11.7 Å². The summed E-state index contributed by atoms with van der Waals surface area (Å²) in [5, 5.41) is 4.36. The third-order valence-electron chi connectivity index (χ3n) is 4.10. The molecule has 0 saturated carbocycles. The third-order valence-corrected chi connectivity index (χ3v) is 4.10. The zero-order valence-electron chi connectivity index (χ0n) is 15.0. The van der Waals surface area contributed by atoms with Crippen molar-refractivity contribution in [2.75, 3.05) is 13.7 Å². The van der Waals surface area contributed by atoms with Crippen LogP contribution < -0.4 is 4.74 Å². The number of carbonyl (C=O) groups excluding carboxylic acids is 1. The lowest BCUT2D eigenvalue weighted by Gasteiger charge is -2.20. The van der Waals surface area contributed by atoms with Crippen molar-refractivity contribution in [1.29, 1.82) is 0 Å². The van der Waals surface area contributed by atoms with Gasteiger partial charge in [-0.15, -0.1) is 6.58 Å². The number of benzene rings is 2. The minimum absolute atomic E-state index is 0.146. The second kappa shape index (κ2) is 8.31. The first-order valence-electron chi connectivity index (χ1n) is 8.46. The van der Waals surface area contributed by atoms with Gasteiger partial charge in [-0.3, -0.25) is 4.79 Å². The van der Waals surface area contributed by atoms with Crippen LogP contribution >= 0.6 is 0 Å². The summed E-state index contributed by atoms with van der Waals surface area (Å²) in [5.74, 6) is 0.109. The van der Waals surface area contributed by atoms with E-state index >= 15 is 0 Å². The molecule has 0 aliphatic heterocycles. The van der Waals surface area contributed by atoms with Gasteiger partial charge in [0.1, 0.15) is 11.6 Å². The van der Waals surface area contributed by atoms with Gasteiger partial charge in [-0.25, -0.2) is 9.07 Å². The molecule has 0 radical (unpaired) electrons. The molecule has 1 amide bonds. The first-order chi connectivity index (χ1) is 13.1. The van der Waals surface area contributed by atoms with Gasteiger partial charge in [0.15, 0.2) is 5.69 Å². The maximum Gasteiger partial charge on any atom is 0.274 e. The van der Waals surface area contributed by atoms with E-state index in [0.717, 1.165) is 11.4 Å². The summed E-state index contributed by atoms with van der Waals surface area (Å²) in [6, 6.07) is 15.4. The molecular weight excluding hydrogens is 345 g/mol. The zero-order valence-corrected chi connectivity index (χ0v) is 15.0. The predicted molar refractivity (Wildman–Crippen MR) is 101 cm³/mol. The van der Waals surface area contributed by atoms with E-state index < -0.39 is 0 Å². The van der Waals surface area contributed by atoms with E-state index in [-0.39, 0.29) is 24.0 Å². The Labute approximate surface area is 157 Å². The number of methoxy groups -OCH3 is 1. The highest BCUT2D eigenvalue weighted by molar-refractivity contribution is 5.92. The molecule has 0 unspecified atom stereocenters. The molecule has 2 aromatic carbocycles. The van der Waals surface area contributed by atoms with Crippen molar-refractivity contribution in [3.05, 3.63) is 90.5 Å². The van der Waals surface area contributed by atoms with Crippen LogP contribution in [0.3, 0.4) is 0 Å². The Kier molecular flexibility index (Phi) is 5.66. The second-order valence-corrected chi connectivity index (χ2v) is 5.91. The van der Waals surface area contributed by atoms with Crippen LogP contribution in [0.5, 0.6) is 5.75 Å². The topological polar surface area (TPSA) is 47.4 Å². The molecule has 1 aromatic heterocycles. The standard InChI is InChI=1S/C21H20FN3O2/c1-3-13-24(15-16-6-4-5-7-19(16)22)21(26)20-12-14-25(23-20)17-8-10-18(27-2)11-9-17/h3-12,14H,1,13,15H2,2H3. The molecule has 5 nitrogen and oxygen atoms in total. The number of rotatable bonds is 7. The summed E-state index contributed by atoms with van der Waals surface area (Å²) in [6.07, 6.45) is 3.32. The van der Waals surface area contributed by atoms with Gasteiger partial charge in [-0.05, 0) is 36.4 Å². The third kappa shape index (κ3) is 4.23. The van der Waals surface area contributed by atoms with Crippen molar-refractivity contribution in [2.45, 2.75) is 6.54 Å². The highest BCUT2D eigenvalue weighted by Gasteiger charge is 2.19. The Bertz CT molecular complexity index is 935. The zero-order chi connectivity index (χ0) is 19.2. The van der Waals surface area contributed by atoms with Crippen molar-refractivity contribution in [2.24, 2.45) is 0 Å². The van der Waals surface area contributed by atoms with E-state index in [1.165, 1.54) is 11.0 Å². The van der Waals surface area contributed by atoms with E-state index in [4.69, 9.17) is 4.74 Å². The van der Waals surface area contributed by atoms with Gasteiger partial charge in [0.2, 0.25) is 0 Å². The van der Waals surface area contributed by atoms with E-state index in [9.17, 15) is 9.18 Å². The van der Waals surface area contributed by atoms with Crippen LogP contribution in [-0.4, -0.2) is 34.2 Å². The number of ether oxygens (including phenoxy) is 1. The van der Waals surface area contributed by atoms with Crippen LogP contribution in [0.1, 0.15) is 16.1 Å². The average molecular weight is 365 g/mol. The Morgan fingerprint density at radius 3 is 2.63 bits per heavy atom. The highest BCUT2D eigenvalue weighted by atomic mass is 19.1. The number of nitrogens with zero attached hydrogens (tertiary/aromatic N) is 3. The number of carbonyl (C=O) groups is 1. The fourth-order valence-corrected chi connectivity index (χ4v) is 2.69. The average Bonchev–Trinajstić information content (AvgIpc) is 3.19. The predicted octanol–water partition coefficient (Wildman–Crippen LogP) is 3.85. The van der Waals surface area contributed by atoms with Gasteiger partial charge in [0.25, 0.3) is 5.91 Å². The molecule has 0 bridgehead atoms. The first kappa shape index (κ1) is 18.4. The molecule has 3 aromatic rings. The Balaban J connectivity index is 1.81. The summed E-state index contributed by atoms with van der Waals surface area (Å²) in [4.78, 5) is 14.4. The lowest BCUT2D eigenvalue weighted by atomic mass is 10.2. The smallest absolute Gasteiger partial charge is 0.274 e.